The number of aliphatic carboxylic acids is 1. The van der Waals surface area contributed by atoms with E-state index in [4.69, 9.17) is 14.6 Å². The van der Waals surface area contributed by atoms with E-state index in [-0.39, 0.29) is 18.6 Å². The summed E-state index contributed by atoms with van der Waals surface area (Å²) in [6.45, 7) is 2.15. The molecule has 3 rings (SSSR count). The van der Waals surface area contributed by atoms with Gasteiger partial charge in [0.05, 0.1) is 19.1 Å². The zero-order chi connectivity index (χ0) is 16.4. The van der Waals surface area contributed by atoms with Crippen molar-refractivity contribution < 1.29 is 24.5 Å². The van der Waals surface area contributed by atoms with Crippen LogP contribution in [0.15, 0.2) is 24.3 Å². The van der Waals surface area contributed by atoms with Crippen LogP contribution in [0.1, 0.15) is 43.2 Å². The topological polar surface area (TPSA) is 76.0 Å². The Balaban J connectivity index is 1.68. The molecule has 0 aromatic heterocycles. The lowest BCUT2D eigenvalue weighted by Crippen LogP contribution is -2.36. The SMILES string of the molecule is CC(C(=O)O)c1ccc(CC2CCCC23OCC(CO)O3)cc1. The van der Waals surface area contributed by atoms with Gasteiger partial charge in [-0.3, -0.25) is 4.79 Å². The molecular weight excluding hydrogens is 296 g/mol. The second-order valence-corrected chi connectivity index (χ2v) is 6.64. The van der Waals surface area contributed by atoms with Gasteiger partial charge in [-0.1, -0.05) is 24.3 Å². The number of carbonyl (C=O) groups is 1. The fourth-order valence-corrected chi connectivity index (χ4v) is 3.67. The van der Waals surface area contributed by atoms with Crippen LogP contribution in [0.25, 0.3) is 0 Å². The summed E-state index contributed by atoms with van der Waals surface area (Å²) >= 11 is 0. The molecule has 1 aliphatic heterocycles. The Morgan fingerprint density at radius 1 is 1.39 bits per heavy atom. The summed E-state index contributed by atoms with van der Waals surface area (Å²) < 4.78 is 11.9. The second-order valence-electron chi connectivity index (χ2n) is 6.64. The minimum Gasteiger partial charge on any atom is -0.481 e. The molecule has 1 saturated heterocycles. The van der Waals surface area contributed by atoms with E-state index in [9.17, 15) is 9.90 Å². The number of benzene rings is 1. The van der Waals surface area contributed by atoms with Gasteiger partial charge >= 0.3 is 5.97 Å². The third-order valence-electron chi connectivity index (χ3n) is 5.12. The highest BCUT2D eigenvalue weighted by molar-refractivity contribution is 5.75. The van der Waals surface area contributed by atoms with E-state index in [1.54, 1.807) is 6.92 Å². The molecule has 23 heavy (non-hydrogen) atoms. The highest BCUT2D eigenvalue weighted by Crippen LogP contribution is 2.45. The Morgan fingerprint density at radius 2 is 2.13 bits per heavy atom. The minimum atomic E-state index is -0.810. The van der Waals surface area contributed by atoms with Crippen LogP contribution in [0.4, 0.5) is 0 Å². The molecule has 1 aromatic carbocycles. The van der Waals surface area contributed by atoms with Crippen molar-refractivity contribution >= 4 is 5.97 Å². The van der Waals surface area contributed by atoms with Crippen LogP contribution in [0, 0.1) is 5.92 Å². The van der Waals surface area contributed by atoms with Gasteiger partial charge in [-0.25, -0.2) is 0 Å². The maximum absolute atomic E-state index is 11.0. The van der Waals surface area contributed by atoms with Gasteiger partial charge in [0.15, 0.2) is 5.79 Å². The molecule has 0 amide bonds. The largest absolute Gasteiger partial charge is 0.481 e. The van der Waals surface area contributed by atoms with Crippen molar-refractivity contribution in [3.05, 3.63) is 35.4 Å². The number of ether oxygens (including phenoxy) is 2. The van der Waals surface area contributed by atoms with Gasteiger partial charge < -0.3 is 19.7 Å². The smallest absolute Gasteiger partial charge is 0.310 e. The van der Waals surface area contributed by atoms with Gasteiger partial charge in [0.1, 0.15) is 6.10 Å². The molecular formula is C18H24O5. The molecule has 2 N–H and O–H groups in total. The normalized spacial score (nSPS) is 31.6. The Hall–Kier alpha value is -1.43. The monoisotopic (exact) mass is 320 g/mol. The molecule has 4 unspecified atom stereocenters. The molecule has 0 radical (unpaired) electrons. The predicted octanol–water partition coefficient (Wildman–Crippen LogP) is 2.32. The van der Waals surface area contributed by atoms with E-state index in [2.05, 4.69) is 0 Å². The number of aliphatic hydroxyl groups is 1. The van der Waals surface area contributed by atoms with Gasteiger partial charge in [-0.05, 0) is 37.3 Å². The van der Waals surface area contributed by atoms with Gasteiger partial charge in [0.2, 0.25) is 0 Å². The predicted molar refractivity (Wildman–Crippen MR) is 84.2 cm³/mol. The van der Waals surface area contributed by atoms with Crippen molar-refractivity contribution in [3.63, 3.8) is 0 Å². The lowest BCUT2D eigenvalue weighted by molar-refractivity contribution is -0.193. The standard InChI is InChI=1S/C18H24O5/c1-12(17(20)21)14-6-4-13(5-7-14)9-15-3-2-8-18(15)22-11-16(10-19)23-18/h4-7,12,15-16,19H,2-3,8-11H2,1H3,(H,20,21). The quantitative estimate of drug-likeness (QED) is 0.871. The molecule has 126 valence electrons. The van der Waals surface area contributed by atoms with E-state index in [0.29, 0.717) is 6.61 Å². The number of carboxylic acids is 1. The van der Waals surface area contributed by atoms with Gasteiger partial charge in [0.25, 0.3) is 0 Å². The first-order chi connectivity index (χ1) is 11.0. The number of aliphatic hydroxyl groups excluding tert-OH is 1. The molecule has 1 aromatic rings. The van der Waals surface area contributed by atoms with Crippen molar-refractivity contribution in [3.8, 4) is 0 Å². The summed E-state index contributed by atoms with van der Waals surface area (Å²) in [4.78, 5) is 11.0. The van der Waals surface area contributed by atoms with Crippen LogP contribution in [-0.4, -0.2) is 41.3 Å². The molecule has 4 atom stereocenters. The summed E-state index contributed by atoms with van der Waals surface area (Å²) in [6.07, 6.45) is 3.62. The molecule has 2 fully saturated rings. The summed E-state index contributed by atoms with van der Waals surface area (Å²) in [5, 5.41) is 18.3. The minimum absolute atomic E-state index is 0.00373. The fraction of sp³-hybridized carbons (Fsp3) is 0.611. The average molecular weight is 320 g/mol. The zero-order valence-corrected chi connectivity index (χ0v) is 13.4. The van der Waals surface area contributed by atoms with Crippen molar-refractivity contribution in [2.24, 2.45) is 5.92 Å². The Bertz CT molecular complexity index is 555. The van der Waals surface area contributed by atoms with Crippen molar-refractivity contribution in [1.29, 1.82) is 0 Å². The van der Waals surface area contributed by atoms with Gasteiger partial charge in [-0.15, -0.1) is 0 Å². The molecule has 5 nitrogen and oxygen atoms in total. The van der Waals surface area contributed by atoms with Crippen LogP contribution in [0.2, 0.25) is 0 Å². The number of hydrogen-bond donors (Lipinski definition) is 2. The third-order valence-corrected chi connectivity index (χ3v) is 5.12. The Morgan fingerprint density at radius 3 is 2.74 bits per heavy atom. The summed E-state index contributed by atoms with van der Waals surface area (Å²) in [6, 6.07) is 7.78. The lowest BCUT2D eigenvalue weighted by atomic mass is 9.92. The number of rotatable bonds is 5. The molecule has 1 spiro atoms. The lowest BCUT2D eigenvalue weighted by Gasteiger charge is -2.30. The maximum atomic E-state index is 11.0. The molecule has 1 heterocycles. The first kappa shape index (κ1) is 16.4. The summed E-state index contributed by atoms with van der Waals surface area (Å²) in [7, 11) is 0. The van der Waals surface area contributed by atoms with Crippen LogP contribution >= 0.6 is 0 Å². The molecule has 2 aliphatic rings. The van der Waals surface area contributed by atoms with Gasteiger partial charge in [-0.2, -0.15) is 0 Å². The summed E-state index contributed by atoms with van der Waals surface area (Å²) in [5.41, 5.74) is 1.98. The van der Waals surface area contributed by atoms with Crippen LogP contribution in [0.3, 0.4) is 0 Å². The molecule has 1 saturated carbocycles. The van der Waals surface area contributed by atoms with E-state index in [0.717, 1.165) is 36.8 Å². The van der Waals surface area contributed by atoms with E-state index >= 15 is 0 Å². The molecule has 0 bridgehead atoms. The molecule has 5 heteroatoms. The summed E-state index contributed by atoms with van der Waals surface area (Å²) in [5.74, 6) is -1.56. The van der Waals surface area contributed by atoms with Crippen molar-refractivity contribution in [2.45, 2.75) is 50.4 Å². The first-order valence-corrected chi connectivity index (χ1v) is 8.28. The van der Waals surface area contributed by atoms with Crippen LogP contribution in [0.5, 0.6) is 0 Å². The van der Waals surface area contributed by atoms with E-state index < -0.39 is 17.7 Å². The fourth-order valence-electron chi connectivity index (χ4n) is 3.67. The highest BCUT2D eigenvalue weighted by Gasteiger charge is 2.50. The first-order valence-electron chi connectivity index (χ1n) is 8.28. The number of hydrogen-bond acceptors (Lipinski definition) is 4. The van der Waals surface area contributed by atoms with Crippen molar-refractivity contribution in [2.75, 3.05) is 13.2 Å². The van der Waals surface area contributed by atoms with E-state index in [1.807, 2.05) is 24.3 Å². The Labute approximate surface area is 136 Å². The zero-order valence-electron chi connectivity index (χ0n) is 13.4. The van der Waals surface area contributed by atoms with E-state index in [1.165, 1.54) is 0 Å². The average Bonchev–Trinajstić information content (AvgIpc) is 3.15. The number of carboxylic acid groups (broad SMARTS) is 1. The Kier molecular flexibility index (Phi) is 4.71. The highest BCUT2D eigenvalue weighted by atomic mass is 16.7. The van der Waals surface area contributed by atoms with Crippen LogP contribution in [-0.2, 0) is 20.7 Å². The molecule has 1 aliphatic carbocycles. The third kappa shape index (κ3) is 3.27. The van der Waals surface area contributed by atoms with Crippen molar-refractivity contribution in [1.82, 2.24) is 0 Å². The maximum Gasteiger partial charge on any atom is 0.310 e. The van der Waals surface area contributed by atoms with Crippen LogP contribution < -0.4 is 0 Å². The second kappa shape index (κ2) is 6.59. The van der Waals surface area contributed by atoms with Gasteiger partial charge in [0, 0.05) is 12.3 Å².